The van der Waals surface area contributed by atoms with E-state index in [2.05, 4.69) is 10.6 Å². The van der Waals surface area contributed by atoms with E-state index in [-0.39, 0.29) is 30.6 Å². The summed E-state index contributed by atoms with van der Waals surface area (Å²) in [6.07, 6.45) is -0.472. The van der Waals surface area contributed by atoms with E-state index in [0.717, 1.165) is 16.3 Å². The van der Waals surface area contributed by atoms with Crippen molar-refractivity contribution in [3.63, 3.8) is 0 Å². The van der Waals surface area contributed by atoms with Gasteiger partial charge in [-0.05, 0) is 34.7 Å². The largest absolute Gasteiger partial charge is 0.480 e. The van der Waals surface area contributed by atoms with Gasteiger partial charge >= 0.3 is 11.9 Å². The van der Waals surface area contributed by atoms with Crippen molar-refractivity contribution in [1.29, 1.82) is 0 Å². The Hall–Kier alpha value is -4.29. The van der Waals surface area contributed by atoms with Crippen molar-refractivity contribution in [2.45, 2.75) is 37.4 Å². The Morgan fingerprint density at radius 2 is 1.48 bits per heavy atom. The van der Waals surface area contributed by atoms with Crippen molar-refractivity contribution in [2.75, 3.05) is 11.5 Å². The third-order valence-electron chi connectivity index (χ3n) is 6.30. The second-order valence-corrected chi connectivity index (χ2v) is 11.5. The molecule has 0 fully saturated rings. The lowest BCUT2D eigenvalue weighted by Gasteiger charge is -2.22. The van der Waals surface area contributed by atoms with Gasteiger partial charge in [0.05, 0.1) is 11.5 Å². The second kappa shape index (κ2) is 13.7. The third kappa shape index (κ3) is 8.61. The molecule has 0 bridgehead atoms. The lowest BCUT2D eigenvalue weighted by atomic mass is 10.0. The molecular formula is C28H31N3O8S. The van der Waals surface area contributed by atoms with Crippen LogP contribution in [0.5, 0.6) is 0 Å². The summed E-state index contributed by atoms with van der Waals surface area (Å²) in [5.41, 5.74) is 6.48. The molecule has 12 heteroatoms. The summed E-state index contributed by atoms with van der Waals surface area (Å²) < 4.78 is 26.3. The van der Waals surface area contributed by atoms with Crippen LogP contribution in [0.3, 0.4) is 0 Å². The number of rotatable bonds is 14. The van der Waals surface area contributed by atoms with E-state index in [4.69, 9.17) is 10.8 Å². The topological polar surface area (TPSA) is 193 Å². The highest BCUT2D eigenvalue weighted by atomic mass is 32.2. The predicted molar refractivity (Wildman–Crippen MR) is 148 cm³/mol. The maximum Gasteiger partial charge on any atom is 0.330 e. The average Bonchev–Trinajstić information content (AvgIpc) is 2.93. The summed E-state index contributed by atoms with van der Waals surface area (Å²) in [5, 5.41) is 25.1. The van der Waals surface area contributed by atoms with Crippen molar-refractivity contribution in [1.82, 2.24) is 10.6 Å². The number of hydrogen-bond donors (Lipinski definition) is 5. The number of amides is 2. The molecule has 3 rings (SSSR count). The fraction of sp³-hybridized carbons (Fsp3) is 0.286. The first-order valence-electron chi connectivity index (χ1n) is 12.5. The Kier molecular flexibility index (Phi) is 10.3. The van der Waals surface area contributed by atoms with Gasteiger partial charge in [-0.2, -0.15) is 0 Å². The van der Waals surface area contributed by atoms with Gasteiger partial charge in [0, 0.05) is 6.42 Å². The van der Waals surface area contributed by atoms with Crippen LogP contribution in [0.4, 0.5) is 0 Å². The number of carbonyl (C=O) groups is 4. The van der Waals surface area contributed by atoms with E-state index in [1.807, 2.05) is 42.5 Å². The molecule has 2 amide bonds. The maximum absolute atomic E-state index is 13.2. The first-order chi connectivity index (χ1) is 19.0. The lowest BCUT2D eigenvalue weighted by molar-refractivity contribution is -0.142. The summed E-state index contributed by atoms with van der Waals surface area (Å²) >= 11 is 0. The van der Waals surface area contributed by atoms with Crippen molar-refractivity contribution in [3.05, 3.63) is 83.9 Å². The Labute approximate surface area is 231 Å². The van der Waals surface area contributed by atoms with E-state index in [9.17, 15) is 32.7 Å². The number of aliphatic carboxylic acids is 2. The lowest BCUT2D eigenvalue weighted by Crippen LogP contribution is -2.52. The number of hydrogen-bond acceptors (Lipinski definition) is 7. The molecule has 0 aliphatic rings. The number of carbonyl (C=O) groups excluding carboxylic acids is 2. The van der Waals surface area contributed by atoms with Gasteiger partial charge in [0.2, 0.25) is 11.8 Å². The number of sulfone groups is 1. The summed E-state index contributed by atoms with van der Waals surface area (Å²) in [5.74, 6) is -5.62. The summed E-state index contributed by atoms with van der Waals surface area (Å²) in [6, 6.07) is 16.4. The molecule has 212 valence electrons. The standard InChI is InChI=1S/C28H31N3O8S/c29-22(27(34)35)13-14-24(32)30-23(26(33)31-25(28(36)37)20-8-2-1-3-9-20)17-40(38,39)16-15-19-11-6-10-18-7-4-5-12-21(18)19/h1-12,22-23,25H,13-17,29H2,(H,30,32)(H,31,33)(H,34,35)(H,36,37)/t22-,23-,25+/m0/s1. The van der Waals surface area contributed by atoms with Gasteiger partial charge in [-0.15, -0.1) is 0 Å². The van der Waals surface area contributed by atoms with Crippen LogP contribution in [0.25, 0.3) is 10.8 Å². The van der Waals surface area contributed by atoms with Gasteiger partial charge in [-0.3, -0.25) is 14.4 Å². The molecule has 3 aromatic rings. The first-order valence-corrected chi connectivity index (χ1v) is 14.3. The minimum Gasteiger partial charge on any atom is -0.480 e. The summed E-state index contributed by atoms with van der Waals surface area (Å²) in [6.45, 7) is 0. The zero-order valence-electron chi connectivity index (χ0n) is 21.5. The third-order valence-corrected chi connectivity index (χ3v) is 7.97. The Bertz CT molecular complexity index is 1470. The van der Waals surface area contributed by atoms with E-state index >= 15 is 0 Å². The molecule has 0 aliphatic heterocycles. The van der Waals surface area contributed by atoms with Crippen LogP contribution < -0.4 is 16.4 Å². The zero-order chi connectivity index (χ0) is 29.3. The Morgan fingerprint density at radius 3 is 2.15 bits per heavy atom. The number of nitrogens with two attached hydrogens (primary N) is 1. The molecular weight excluding hydrogens is 538 g/mol. The highest BCUT2D eigenvalue weighted by Gasteiger charge is 2.31. The highest BCUT2D eigenvalue weighted by Crippen LogP contribution is 2.20. The van der Waals surface area contributed by atoms with Gasteiger partial charge in [-0.1, -0.05) is 72.8 Å². The SMILES string of the molecule is N[C@@H](CCC(=O)N[C@@H](CS(=O)(=O)CCc1cccc2ccccc12)C(=O)N[C@@H](C(=O)O)c1ccccc1)C(=O)O. The molecule has 0 aliphatic carbocycles. The quantitative estimate of drug-likeness (QED) is 0.191. The molecule has 3 aromatic carbocycles. The van der Waals surface area contributed by atoms with Gasteiger partial charge < -0.3 is 26.6 Å². The Morgan fingerprint density at radius 1 is 0.825 bits per heavy atom. The molecule has 0 aromatic heterocycles. The molecule has 3 atom stereocenters. The fourth-order valence-corrected chi connectivity index (χ4v) is 5.59. The molecule has 6 N–H and O–H groups in total. The van der Waals surface area contributed by atoms with Gasteiger partial charge in [0.15, 0.2) is 15.9 Å². The van der Waals surface area contributed by atoms with Crippen LogP contribution in [0.2, 0.25) is 0 Å². The minimum absolute atomic E-state index is 0.154. The minimum atomic E-state index is -3.95. The van der Waals surface area contributed by atoms with E-state index in [0.29, 0.717) is 0 Å². The second-order valence-electron chi connectivity index (χ2n) is 9.30. The number of fused-ring (bicyclic) bond motifs is 1. The number of carboxylic acid groups (broad SMARTS) is 2. The number of nitrogens with one attached hydrogen (secondary N) is 2. The molecule has 0 saturated carbocycles. The molecule has 0 saturated heterocycles. The van der Waals surface area contributed by atoms with E-state index in [1.165, 1.54) is 12.1 Å². The molecule has 0 radical (unpaired) electrons. The predicted octanol–water partition coefficient (Wildman–Crippen LogP) is 1.42. The van der Waals surface area contributed by atoms with Crippen molar-refractivity contribution >= 4 is 44.4 Å². The van der Waals surface area contributed by atoms with Gasteiger partial charge in [0.25, 0.3) is 0 Å². The first kappa shape index (κ1) is 30.3. The van der Waals surface area contributed by atoms with E-state index in [1.54, 1.807) is 18.2 Å². The number of aryl methyl sites for hydroxylation is 1. The van der Waals surface area contributed by atoms with Crippen molar-refractivity contribution in [2.24, 2.45) is 5.73 Å². The normalized spacial score (nSPS) is 13.6. The van der Waals surface area contributed by atoms with Crippen LogP contribution in [-0.2, 0) is 35.4 Å². The maximum atomic E-state index is 13.2. The van der Waals surface area contributed by atoms with Crippen LogP contribution >= 0.6 is 0 Å². The Balaban J connectivity index is 1.78. The fourth-order valence-electron chi connectivity index (χ4n) is 4.15. The molecule has 11 nitrogen and oxygen atoms in total. The smallest absolute Gasteiger partial charge is 0.330 e. The highest BCUT2D eigenvalue weighted by molar-refractivity contribution is 7.91. The molecule has 0 spiro atoms. The van der Waals surface area contributed by atoms with Crippen LogP contribution in [0.15, 0.2) is 72.8 Å². The molecule has 0 unspecified atom stereocenters. The van der Waals surface area contributed by atoms with Crippen LogP contribution in [0.1, 0.15) is 30.0 Å². The summed E-state index contributed by atoms with van der Waals surface area (Å²) in [4.78, 5) is 48.6. The zero-order valence-corrected chi connectivity index (χ0v) is 22.3. The van der Waals surface area contributed by atoms with Crippen molar-refractivity contribution < 1.29 is 37.8 Å². The average molecular weight is 570 g/mol. The van der Waals surface area contributed by atoms with Gasteiger partial charge in [-0.25, -0.2) is 13.2 Å². The summed E-state index contributed by atoms with van der Waals surface area (Å²) in [7, 11) is -3.95. The number of carboxylic acids is 2. The van der Waals surface area contributed by atoms with Crippen LogP contribution in [-0.4, -0.2) is 66.0 Å². The van der Waals surface area contributed by atoms with E-state index < -0.39 is 57.5 Å². The molecule has 0 heterocycles. The van der Waals surface area contributed by atoms with Gasteiger partial charge in [0.1, 0.15) is 12.1 Å². The van der Waals surface area contributed by atoms with Crippen molar-refractivity contribution in [3.8, 4) is 0 Å². The monoisotopic (exact) mass is 569 g/mol. The number of benzene rings is 3. The molecule has 40 heavy (non-hydrogen) atoms. The van der Waals surface area contributed by atoms with Crippen LogP contribution in [0, 0.1) is 0 Å².